The molecule has 5 nitrogen and oxygen atoms in total. The Balaban J connectivity index is 2.70. The van der Waals surface area contributed by atoms with Gasteiger partial charge in [-0.25, -0.2) is 4.79 Å². The van der Waals surface area contributed by atoms with Crippen molar-refractivity contribution in [2.45, 2.75) is 13.5 Å². The minimum atomic E-state index is -0.677. The van der Waals surface area contributed by atoms with Crippen LogP contribution in [0, 0.1) is 6.92 Å². The van der Waals surface area contributed by atoms with Crippen LogP contribution >= 0.6 is 15.9 Å². The summed E-state index contributed by atoms with van der Waals surface area (Å²) in [6.07, 6.45) is 0. The molecule has 0 aliphatic carbocycles. The number of rotatable bonds is 3. The standard InChI is InChI=1S/C14H13BrN2O3/c1-8-3-5-10(6-4-8)11-12(18)16-14(20)17(13(11)19)7-9(2)15/h3-6,19H,2,7H2,1H3,(H,16,18,20). The third-order valence-electron chi connectivity index (χ3n) is 2.84. The number of nitrogens with zero attached hydrogens (tertiary/aromatic N) is 1. The first-order valence-corrected chi connectivity index (χ1v) is 6.66. The van der Waals surface area contributed by atoms with Gasteiger partial charge >= 0.3 is 5.69 Å². The Morgan fingerprint density at radius 1 is 1.35 bits per heavy atom. The van der Waals surface area contributed by atoms with E-state index in [4.69, 9.17) is 0 Å². The van der Waals surface area contributed by atoms with E-state index in [0.29, 0.717) is 10.0 Å². The number of halogens is 1. The van der Waals surface area contributed by atoms with Crippen molar-refractivity contribution in [2.24, 2.45) is 0 Å². The van der Waals surface area contributed by atoms with Crippen molar-refractivity contribution in [2.75, 3.05) is 0 Å². The van der Waals surface area contributed by atoms with E-state index in [2.05, 4.69) is 27.5 Å². The third-order valence-corrected chi connectivity index (χ3v) is 3.09. The molecule has 2 N–H and O–H groups in total. The largest absolute Gasteiger partial charge is 0.494 e. The highest BCUT2D eigenvalue weighted by atomic mass is 79.9. The minimum absolute atomic E-state index is 0.0679. The second-order valence-electron chi connectivity index (χ2n) is 4.43. The summed E-state index contributed by atoms with van der Waals surface area (Å²) in [5.74, 6) is -0.372. The van der Waals surface area contributed by atoms with Crippen LogP contribution in [-0.2, 0) is 6.54 Å². The monoisotopic (exact) mass is 336 g/mol. The van der Waals surface area contributed by atoms with E-state index in [9.17, 15) is 14.7 Å². The molecule has 2 aromatic rings. The zero-order valence-electron chi connectivity index (χ0n) is 10.8. The Morgan fingerprint density at radius 2 is 1.95 bits per heavy atom. The predicted octanol–water partition coefficient (Wildman–Crippen LogP) is 2.13. The number of hydrogen-bond acceptors (Lipinski definition) is 3. The third kappa shape index (κ3) is 2.75. The lowest BCUT2D eigenvalue weighted by atomic mass is 10.1. The van der Waals surface area contributed by atoms with Crippen molar-refractivity contribution in [1.29, 1.82) is 0 Å². The average molecular weight is 337 g/mol. The van der Waals surface area contributed by atoms with Gasteiger partial charge < -0.3 is 5.11 Å². The highest BCUT2D eigenvalue weighted by molar-refractivity contribution is 9.11. The number of allylic oxidation sites excluding steroid dienone is 1. The molecule has 0 saturated heterocycles. The molecular weight excluding hydrogens is 324 g/mol. The van der Waals surface area contributed by atoms with Crippen LogP contribution < -0.4 is 11.2 Å². The van der Waals surface area contributed by atoms with E-state index in [0.717, 1.165) is 10.1 Å². The van der Waals surface area contributed by atoms with Gasteiger partial charge in [-0.2, -0.15) is 0 Å². The van der Waals surface area contributed by atoms with Gasteiger partial charge in [0.05, 0.1) is 6.54 Å². The van der Waals surface area contributed by atoms with E-state index in [1.54, 1.807) is 12.1 Å². The van der Waals surface area contributed by atoms with Crippen LogP contribution in [0.5, 0.6) is 5.88 Å². The molecule has 0 aliphatic heterocycles. The number of benzene rings is 1. The van der Waals surface area contributed by atoms with Gasteiger partial charge in [-0.1, -0.05) is 52.3 Å². The summed E-state index contributed by atoms with van der Waals surface area (Å²) in [5.41, 5.74) is 0.352. The Hall–Kier alpha value is -2.08. The first-order chi connectivity index (χ1) is 9.40. The van der Waals surface area contributed by atoms with Crippen molar-refractivity contribution in [3.8, 4) is 17.0 Å². The first kappa shape index (κ1) is 14.3. The van der Waals surface area contributed by atoms with Crippen LogP contribution in [0.25, 0.3) is 11.1 Å². The van der Waals surface area contributed by atoms with Gasteiger partial charge in [-0.15, -0.1) is 0 Å². The van der Waals surface area contributed by atoms with Crippen LogP contribution in [-0.4, -0.2) is 14.7 Å². The summed E-state index contributed by atoms with van der Waals surface area (Å²) in [4.78, 5) is 25.8. The Labute approximate surface area is 123 Å². The van der Waals surface area contributed by atoms with Gasteiger partial charge in [0, 0.05) is 4.48 Å². The van der Waals surface area contributed by atoms with Gasteiger partial charge in [0.25, 0.3) is 5.56 Å². The van der Waals surface area contributed by atoms with E-state index >= 15 is 0 Å². The molecular formula is C14H13BrN2O3. The maximum atomic E-state index is 11.9. The summed E-state index contributed by atoms with van der Waals surface area (Å²) in [6.45, 7) is 5.61. The van der Waals surface area contributed by atoms with Gasteiger partial charge in [-0.3, -0.25) is 14.3 Å². The molecule has 2 rings (SSSR count). The Kier molecular flexibility index (Phi) is 3.94. The molecule has 20 heavy (non-hydrogen) atoms. The molecule has 1 aromatic heterocycles. The molecule has 1 heterocycles. The van der Waals surface area contributed by atoms with Crippen molar-refractivity contribution < 1.29 is 5.11 Å². The fourth-order valence-electron chi connectivity index (χ4n) is 1.86. The molecule has 0 unspecified atom stereocenters. The Bertz CT molecular complexity index is 772. The lowest BCUT2D eigenvalue weighted by Gasteiger charge is -2.11. The molecule has 0 spiro atoms. The van der Waals surface area contributed by atoms with Crippen molar-refractivity contribution in [1.82, 2.24) is 9.55 Å². The maximum Gasteiger partial charge on any atom is 0.331 e. The molecule has 0 radical (unpaired) electrons. The van der Waals surface area contributed by atoms with Gasteiger partial charge in [-0.05, 0) is 12.5 Å². The van der Waals surface area contributed by atoms with Crippen LogP contribution in [0.15, 0.2) is 44.9 Å². The first-order valence-electron chi connectivity index (χ1n) is 5.86. The van der Waals surface area contributed by atoms with Crippen molar-refractivity contribution in [3.63, 3.8) is 0 Å². The molecule has 0 aliphatic rings. The number of hydrogen-bond donors (Lipinski definition) is 2. The summed E-state index contributed by atoms with van der Waals surface area (Å²) >= 11 is 3.13. The number of aromatic nitrogens is 2. The topological polar surface area (TPSA) is 75.1 Å². The SMILES string of the molecule is C=C(Br)Cn1c(O)c(-c2ccc(C)cc2)c(=O)[nH]c1=O. The quantitative estimate of drug-likeness (QED) is 0.901. The molecule has 0 amide bonds. The molecule has 6 heteroatoms. The molecule has 104 valence electrons. The van der Waals surface area contributed by atoms with Crippen LogP contribution in [0.4, 0.5) is 0 Å². The number of aryl methyl sites for hydroxylation is 1. The van der Waals surface area contributed by atoms with Gasteiger partial charge in [0.1, 0.15) is 5.56 Å². The minimum Gasteiger partial charge on any atom is -0.494 e. The zero-order chi connectivity index (χ0) is 14.9. The number of nitrogens with one attached hydrogen (secondary N) is 1. The smallest absolute Gasteiger partial charge is 0.331 e. The fraction of sp³-hybridized carbons (Fsp3) is 0.143. The summed E-state index contributed by atoms with van der Waals surface area (Å²) in [6, 6.07) is 7.09. The average Bonchev–Trinajstić information content (AvgIpc) is 2.36. The van der Waals surface area contributed by atoms with Gasteiger partial charge in [0.2, 0.25) is 5.88 Å². The highest BCUT2D eigenvalue weighted by Crippen LogP contribution is 2.24. The zero-order valence-corrected chi connectivity index (χ0v) is 12.4. The number of H-pyrrole nitrogens is 1. The predicted molar refractivity (Wildman–Crippen MR) is 81.2 cm³/mol. The van der Waals surface area contributed by atoms with E-state index in [1.165, 1.54) is 0 Å². The lowest BCUT2D eigenvalue weighted by molar-refractivity contribution is 0.413. The van der Waals surface area contributed by atoms with Crippen LogP contribution in [0.2, 0.25) is 0 Å². The van der Waals surface area contributed by atoms with E-state index < -0.39 is 11.2 Å². The molecule has 0 atom stereocenters. The molecule has 0 fully saturated rings. The van der Waals surface area contributed by atoms with Crippen LogP contribution in [0.3, 0.4) is 0 Å². The van der Waals surface area contributed by atoms with Crippen LogP contribution in [0.1, 0.15) is 5.56 Å². The molecule has 1 aromatic carbocycles. The Morgan fingerprint density at radius 3 is 2.50 bits per heavy atom. The van der Waals surface area contributed by atoms with E-state index in [-0.39, 0.29) is 18.0 Å². The second kappa shape index (κ2) is 5.50. The number of aromatic hydroxyl groups is 1. The molecule has 0 bridgehead atoms. The highest BCUT2D eigenvalue weighted by Gasteiger charge is 2.15. The number of aromatic amines is 1. The molecule has 0 saturated carbocycles. The summed E-state index contributed by atoms with van der Waals surface area (Å²) in [7, 11) is 0. The fourth-order valence-corrected chi connectivity index (χ4v) is 2.11. The second-order valence-corrected chi connectivity index (χ2v) is 5.55. The van der Waals surface area contributed by atoms with Crippen molar-refractivity contribution >= 4 is 15.9 Å². The van der Waals surface area contributed by atoms with Crippen molar-refractivity contribution in [3.05, 3.63) is 61.7 Å². The summed E-state index contributed by atoms with van der Waals surface area (Å²) < 4.78 is 1.56. The van der Waals surface area contributed by atoms with Gasteiger partial charge in [0.15, 0.2) is 0 Å². The lowest BCUT2D eigenvalue weighted by Crippen LogP contribution is -2.31. The van der Waals surface area contributed by atoms with E-state index in [1.807, 2.05) is 19.1 Å². The normalized spacial score (nSPS) is 10.5. The maximum absolute atomic E-state index is 11.9. The summed E-state index contributed by atoms with van der Waals surface area (Å²) in [5, 5.41) is 10.2.